The van der Waals surface area contributed by atoms with Crippen molar-refractivity contribution in [3.63, 3.8) is 0 Å². The molecule has 0 aromatic heterocycles. The molecule has 1 aliphatic heterocycles. The Balaban J connectivity index is 2.23. The first-order valence-electron chi connectivity index (χ1n) is 10.1. The number of benzene rings is 1. The summed E-state index contributed by atoms with van der Waals surface area (Å²) in [7, 11) is 3.68. The Labute approximate surface area is 183 Å². The topological polar surface area (TPSA) is 88.6 Å². The van der Waals surface area contributed by atoms with Crippen molar-refractivity contribution < 1.29 is 28.7 Å². The van der Waals surface area contributed by atoms with Gasteiger partial charge in [0.1, 0.15) is 12.4 Å². The van der Waals surface area contributed by atoms with Crippen LogP contribution in [0.15, 0.2) is 30.4 Å². The normalized spacial score (nSPS) is 18.0. The third kappa shape index (κ3) is 6.99. The number of hydrogen-bond donors (Lipinski definition) is 0. The maximum Gasteiger partial charge on any atom is 0.356 e. The van der Waals surface area contributed by atoms with E-state index in [1.165, 1.54) is 4.90 Å². The molecule has 0 saturated heterocycles. The van der Waals surface area contributed by atoms with Gasteiger partial charge in [0.2, 0.25) is 0 Å². The van der Waals surface area contributed by atoms with Crippen LogP contribution in [-0.2, 0) is 19.2 Å². The fourth-order valence-electron chi connectivity index (χ4n) is 2.87. The van der Waals surface area contributed by atoms with E-state index in [0.717, 1.165) is 28.3 Å². The van der Waals surface area contributed by atoms with Gasteiger partial charge in [-0.2, -0.15) is 5.06 Å². The summed E-state index contributed by atoms with van der Waals surface area (Å²) in [6.07, 6.45) is 1.92. The van der Waals surface area contributed by atoms with Gasteiger partial charge in [-0.1, -0.05) is 6.07 Å². The van der Waals surface area contributed by atoms with Crippen molar-refractivity contribution >= 4 is 18.0 Å². The summed E-state index contributed by atoms with van der Waals surface area (Å²) in [4.78, 5) is 45.7. The Bertz CT molecular complexity index is 850. The zero-order valence-corrected chi connectivity index (χ0v) is 19.0. The molecule has 2 rings (SSSR count). The van der Waals surface area contributed by atoms with E-state index in [2.05, 4.69) is 0 Å². The molecule has 1 heterocycles. The largest absolute Gasteiger partial charge is 0.492 e. The average molecular weight is 434 g/mol. The first kappa shape index (κ1) is 24.2. The number of carbonyl (C=O) groups is 3. The zero-order chi connectivity index (χ0) is 23.2. The number of hydroxylamine groups is 2. The van der Waals surface area contributed by atoms with Gasteiger partial charge >= 0.3 is 18.0 Å². The van der Waals surface area contributed by atoms with Crippen LogP contribution in [0.4, 0.5) is 4.79 Å². The molecule has 0 N–H and O–H groups in total. The molecule has 0 spiro atoms. The number of amides is 2. The van der Waals surface area contributed by atoms with E-state index < -0.39 is 23.7 Å². The second-order valence-corrected chi connectivity index (χ2v) is 8.05. The second kappa shape index (κ2) is 10.3. The standard InChI is InChI=1S/C22H31N3O6/c1-16-7-8-18(15-17(16)2)29-14-13-24-21(28)25(12-11-23(5)6)31-20(27)10-9-19(26)30-22(24,3)4/h7-10,15H,11-14H2,1-6H3/b10-9+. The van der Waals surface area contributed by atoms with Crippen LogP contribution in [0.3, 0.4) is 0 Å². The molecule has 31 heavy (non-hydrogen) atoms. The first-order valence-corrected chi connectivity index (χ1v) is 10.1. The highest BCUT2D eigenvalue weighted by Gasteiger charge is 2.38. The van der Waals surface area contributed by atoms with E-state index >= 15 is 0 Å². The summed E-state index contributed by atoms with van der Waals surface area (Å²) in [5, 5.41) is 0.976. The van der Waals surface area contributed by atoms with E-state index in [0.29, 0.717) is 12.3 Å². The molecule has 1 aromatic carbocycles. The SMILES string of the molecule is Cc1ccc(OCCN2C(=O)N(CCN(C)C)OC(=O)/C=C/C(=O)OC2(C)C)cc1C. The Morgan fingerprint density at radius 2 is 1.68 bits per heavy atom. The molecule has 0 fully saturated rings. The molecule has 0 bridgehead atoms. The zero-order valence-electron chi connectivity index (χ0n) is 19.0. The lowest BCUT2D eigenvalue weighted by molar-refractivity contribution is -0.187. The molecule has 9 nitrogen and oxygen atoms in total. The van der Waals surface area contributed by atoms with Gasteiger partial charge in [0, 0.05) is 18.7 Å². The summed E-state index contributed by atoms with van der Waals surface area (Å²) in [6, 6.07) is 5.13. The number of ether oxygens (including phenoxy) is 2. The van der Waals surface area contributed by atoms with Crippen molar-refractivity contribution in [2.24, 2.45) is 0 Å². The molecule has 170 valence electrons. The third-order valence-electron chi connectivity index (χ3n) is 4.81. The fraction of sp³-hybridized carbons (Fsp3) is 0.500. The highest BCUT2D eigenvalue weighted by atomic mass is 16.7. The van der Waals surface area contributed by atoms with Crippen molar-refractivity contribution in [1.82, 2.24) is 14.9 Å². The molecule has 1 aliphatic rings. The molecule has 0 unspecified atom stereocenters. The van der Waals surface area contributed by atoms with Crippen LogP contribution in [-0.4, -0.2) is 78.9 Å². The van der Waals surface area contributed by atoms with Crippen LogP contribution in [0.25, 0.3) is 0 Å². The van der Waals surface area contributed by atoms with Crippen molar-refractivity contribution in [3.8, 4) is 5.75 Å². The van der Waals surface area contributed by atoms with Gasteiger partial charge in [-0.15, -0.1) is 0 Å². The van der Waals surface area contributed by atoms with E-state index in [-0.39, 0.29) is 19.7 Å². The minimum absolute atomic E-state index is 0.103. The van der Waals surface area contributed by atoms with Gasteiger partial charge in [0.05, 0.1) is 13.1 Å². The monoisotopic (exact) mass is 433 g/mol. The quantitative estimate of drug-likeness (QED) is 0.610. The van der Waals surface area contributed by atoms with Crippen molar-refractivity contribution in [2.75, 3.05) is 40.3 Å². The highest BCUT2D eigenvalue weighted by molar-refractivity contribution is 5.92. The Hall–Kier alpha value is -3.07. The van der Waals surface area contributed by atoms with Gasteiger partial charge in [-0.05, 0) is 65.0 Å². The summed E-state index contributed by atoms with van der Waals surface area (Å²) in [5.41, 5.74) is 0.944. The number of nitrogens with zero attached hydrogens (tertiary/aromatic N) is 3. The van der Waals surface area contributed by atoms with Gasteiger partial charge in [-0.3, -0.25) is 4.90 Å². The van der Waals surface area contributed by atoms with Crippen LogP contribution in [0.1, 0.15) is 25.0 Å². The highest BCUT2D eigenvalue weighted by Crippen LogP contribution is 2.21. The minimum Gasteiger partial charge on any atom is -0.492 e. The van der Waals surface area contributed by atoms with E-state index in [4.69, 9.17) is 14.3 Å². The van der Waals surface area contributed by atoms with Gasteiger partial charge < -0.3 is 19.2 Å². The van der Waals surface area contributed by atoms with Gasteiger partial charge in [0.25, 0.3) is 0 Å². The maximum atomic E-state index is 13.3. The average Bonchev–Trinajstić information content (AvgIpc) is 2.67. The second-order valence-electron chi connectivity index (χ2n) is 8.05. The summed E-state index contributed by atoms with van der Waals surface area (Å²) in [6.45, 7) is 8.06. The number of urea groups is 1. The van der Waals surface area contributed by atoms with Crippen LogP contribution in [0.5, 0.6) is 5.75 Å². The lowest BCUT2D eigenvalue weighted by Crippen LogP contribution is -2.57. The molecular formula is C22H31N3O6. The Kier molecular flexibility index (Phi) is 8.04. The molecule has 0 saturated carbocycles. The minimum atomic E-state index is -1.30. The van der Waals surface area contributed by atoms with Crippen LogP contribution in [0.2, 0.25) is 0 Å². The van der Waals surface area contributed by atoms with Crippen molar-refractivity contribution in [1.29, 1.82) is 0 Å². The number of likely N-dealkylation sites (N-methyl/N-ethyl adjacent to an activating group) is 1. The lowest BCUT2D eigenvalue weighted by Gasteiger charge is -2.39. The van der Waals surface area contributed by atoms with E-state index in [1.807, 2.05) is 51.0 Å². The van der Waals surface area contributed by atoms with Crippen LogP contribution >= 0.6 is 0 Å². The molecular weight excluding hydrogens is 402 g/mol. The third-order valence-corrected chi connectivity index (χ3v) is 4.81. The number of rotatable bonds is 7. The molecule has 9 heteroatoms. The number of aryl methyl sites for hydroxylation is 2. The predicted octanol–water partition coefficient (Wildman–Crippen LogP) is 2.28. The summed E-state index contributed by atoms with van der Waals surface area (Å²) >= 11 is 0. The predicted molar refractivity (Wildman–Crippen MR) is 114 cm³/mol. The number of cyclic esters (lactones) is 1. The molecule has 0 radical (unpaired) electrons. The van der Waals surface area contributed by atoms with Crippen molar-refractivity contribution in [2.45, 2.75) is 33.4 Å². The number of esters is 1. The Morgan fingerprint density at radius 1 is 1.00 bits per heavy atom. The molecule has 1 aromatic rings. The lowest BCUT2D eigenvalue weighted by atomic mass is 10.1. The van der Waals surface area contributed by atoms with E-state index in [9.17, 15) is 14.4 Å². The summed E-state index contributed by atoms with van der Waals surface area (Å²) in [5.74, 6) is -0.920. The number of hydrogen-bond acceptors (Lipinski definition) is 7. The maximum absolute atomic E-state index is 13.3. The summed E-state index contributed by atoms with van der Waals surface area (Å²) < 4.78 is 11.2. The fourth-order valence-corrected chi connectivity index (χ4v) is 2.87. The van der Waals surface area contributed by atoms with Crippen LogP contribution in [0, 0.1) is 13.8 Å². The molecule has 0 aliphatic carbocycles. The smallest absolute Gasteiger partial charge is 0.356 e. The number of carbonyl (C=O) groups excluding carboxylic acids is 3. The molecule has 2 amide bonds. The van der Waals surface area contributed by atoms with Gasteiger partial charge in [-0.25, -0.2) is 14.4 Å². The first-order chi connectivity index (χ1) is 14.5. The van der Waals surface area contributed by atoms with Crippen LogP contribution < -0.4 is 4.74 Å². The Morgan fingerprint density at radius 3 is 2.32 bits per heavy atom. The van der Waals surface area contributed by atoms with Gasteiger partial charge in [0.15, 0.2) is 5.72 Å². The van der Waals surface area contributed by atoms with E-state index in [1.54, 1.807) is 13.8 Å². The van der Waals surface area contributed by atoms with Crippen molar-refractivity contribution in [3.05, 3.63) is 41.5 Å². The molecule has 0 atom stereocenters.